The summed E-state index contributed by atoms with van der Waals surface area (Å²) in [6, 6.07) is 0.0719. The van der Waals surface area contributed by atoms with Gasteiger partial charge in [0.25, 0.3) is 0 Å². The second-order valence-electron chi connectivity index (χ2n) is 4.66. The summed E-state index contributed by atoms with van der Waals surface area (Å²) in [5, 5.41) is 21.4. The summed E-state index contributed by atoms with van der Waals surface area (Å²) in [5.74, 6) is 0.860. The summed E-state index contributed by atoms with van der Waals surface area (Å²) in [7, 11) is 1.69. The summed E-state index contributed by atoms with van der Waals surface area (Å²) in [4.78, 5) is 0. The van der Waals surface area contributed by atoms with Gasteiger partial charge in [0.05, 0.1) is 32.0 Å². The average Bonchev–Trinajstić information content (AvgIpc) is 2.72. The Morgan fingerprint density at radius 2 is 2.19 bits per heavy atom. The molecule has 1 heterocycles. The largest absolute Gasteiger partial charge is 0.395 e. The van der Waals surface area contributed by atoms with Gasteiger partial charge in [0.1, 0.15) is 0 Å². The minimum Gasteiger partial charge on any atom is -0.395 e. The first-order chi connectivity index (χ1) is 7.81. The normalized spacial score (nSPS) is 37.5. The lowest BCUT2D eigenvalue weighted by atomic mass is 9.67. The van der Waals surface area contributed by atoms with E-state index in [-0.39, 0.29) is 19.3 Å². The van der Waals surface area contributed by atoms with Crippen LogP contribution in [0.1, 0.15) is 6.42 Å². The number of methoxy groups -OCH3 is 1. The fourth-order valence-corrected chi connectivity index (χ4v) is 2.90. The molecule has 1 aliphatic carbocycles. The number of fused-ring (bicyclic) bond motifs is 1. The minimum absolute atomic E-state index is 0.0368. The van der Waals surface area contributed by atoms with Crippen LogP contribution in [0.25, 0.3) is 0 Å². The van der Waals surface area contributed by atoms with Gasteiger partial charge in [0.15, 0.2) is 0 Å². The topological polar surface area (TPSA) is 71.0 Å². The summed E-state index contributed by atoms with van der Waals surface area (Å²) < 4.78 is 10.8. The molecule has 1 saturated carbocycles. The third kappa shape index (κ3) is 2.10. The number of hydrogen-bond donors (Lipinski definition) is 3. The van der Waals surface area contributed by atoms with E-state index in [2.05, 4.69) is 5.32 Å². The van der Waals surface area contributed by atoms with Crippen LogP contribution < -0.4 is 5.32 Å². The molecule has 16 heavy (non-hydrogen) atoms. The van der Waals surface area contributed by atoms with Gasteiger partial charge >= 0.3 is 0 Å². The molecule has 3 N–H and O–H groups in total. The molecule has 94 valence electrons. The second kappa shape index (κ2) is 5.42. The number of nitrogens with one attached hydrogen (secondary N) is 1. The van der Waals surface area contributed by atoms with Gasteiger partial charge in [0.2, 0.25) is 0 Å². The van der Waals surface area contributed by atoms with Gasteiger partial charge in [-0.1, -0.05) is 0 Å². The highest BCUT2D eigenvalue weighted by atomic mass is 16.5. The number of ether oxygens (including phenoxy) is 2. The van der Waals surface area contributed by atoms with Crippen molar-refractivity contribution in [1.29, 1.82) is 0 Å². The van der Waals surface area contributed by atoms with E-state index in [9.17, 15) is 0 Å². The second-order valence-corrected chi connectivity index (χ2v) is 4.66. The van der Waals surface area contributed by atoms with Crippen LogP contribution in [0.4, 0.5) is 0 Å². The molecule has 2 fully saturated rings. The van der Waals surface area contributed by atoms with Crippen LogP contribution in [-0.4, -0.2) is 61.9 Å². The van der Waals surface area contributed by atoms with Crippen molar-refractivity contribution in [3.8, 4) is 0 Å². The molecule has 5 heteroatoms. The smallest absolute Gasteiger partial charge is 0.0684 e. The Morgan fingerprint density at radius 3 is 2.81 bits per heavy atom. The third-order valence-corrected chi connectivity index (χ3v) is 3.76. The Balaban J connectivity index is 1.91. The van der Waals surface area contributed by atoms with Crippen molar-refractivity contribution in [3.63, 3.8) is 0 Å². The highest BCUT2D eigenvalue weighted by Gasteiger charge is 2.53. The number of hydrogen-bond acceptors (Lipinski definition) is 5. The Labute approximate surface area is 95.7 Å². The number of rotatable bonds is 6. The fraction of sp³-hybridized carbons (Fsp3) is 1.00. The number of aliphatic hydroxyl groups excluding tert-OH is 2. The first-order valence-electron chi connectivity index (χ1n) is 5.90. The van der Waals surface area contributed by atoms with Crippen LogP contribution >= 0.6 is 0 Å². The molecule has 0 unspecified atom stereocenters. The molecule has 0 radical (unpaired) electrons. The van der Waals surface area contributed by atoms with E-state index >= 15 is 0 Å². The molecule has 0 spiro atoms. The van der Waals surface area contributed by atoms with Crippen molar-refractivity contribution >= 4 is 0 Å². The van der Waals surface area contributed by atoms with E-state index in [4.69, 9.17) is 19.7 Å². The van der Waals surface area contributed by atoms with E-state index in [0.29, 0.717) is 30.6 Å². The van der Waals surface area contributed by atoms with Gasteiger partial charge in [-0.25, -0.2) is 0 Å². The summed E-state index contributed by atoms with van der Waals surface area (Å²) >= 11 is 0. The van der Waals surface area contributed by atoms with E-state index in [0.717, 1.165) is 13.0 Å². The molecule has 0 amide bonds. The molecular weight excluding hydrogens is 210 g/mol. The fourth-order valence-electron chi connectivity index (χ4n) is 2.90. The van der Waals surface area contributed by atoms with Crippen LogP contribution in [0.5, 0.6) is 0 Å². The SMILES string of the molecule is COC[C@@H]1[C@H](NC(CO)CO)[C@@H]2CCO[C@H]12. The lowest BCUT2D eigenvalue weighted by Crippen LogP contribution is -2.64. The van der Waals surface area contributed by atoms with Crippen LogP contribution in [0.15, 0.2) is 0 Å². The molecule has 5 nitrogen and oxygen atoms in total. The minimum atomic E-state index is -0.231. The zero-order valence-corrected chi connectivity index (χ0v) is 9.63. The maximum absolute atomic E-state index is 9.07. The van der Waals surface area contributed by atoms with Gasteiger partial charge in [-0.05, 0) is 6.42 Å². The van der Waals surface area contributed by atoms with Crippen LogP contribution in [-0.2, 0) is 9.47 Å². The highest BCUT2D eigenvalue weighted by Crippen LogP contribution is 2.43. The zero-order valence-electron chi connectivity index (χ0n) is 9.63. The van der Waals surface area contributed by atoms with Gasteiger partial charge in [-0.15, -0.1) is 0 Å². The molecular formula is C11H21NO4. The summed E-state index contributed by atoms with van der Waals surface area (Å²) in [5.41, 5.74) is 0. The molecule has 2 rings (SSSR count). The van der Waals surface area contributed by atoms with E-state index in [1.54, 1.807) is 7.11 Å². The van der Waals surface area contributed by atoms with Gasteiger partial charge in [-0.3, -0.25) is 0 Å². The highest BCUT2D eigenvalue weighted by molar-refractivity contribution is 5.06. The van der Waals surface area contributed by atoms with E-state index in [1.165, 1.54) is 0 Å². The quantitative estimate of drug-likeness (QED) is 0.546. The molecule has 0 aromatic rings. The van der Waals surface area contributed by atoms with Crippen molar-refractivity contribution < 1.29 is 19.7 Å². The van der Waals surface area contributed by atoms with Gasteiger partial charge in [-0.2, -0.15) is 0 Å². The molecule has 2 aliphatic rings. The zero-order chi connectivity index (χ0) is 11.5. The third-order valence-electron chi connectivity index (χ3n) is 3.76. The molecule has 0 bridgehead atoms. The molecule has 0 aromatic carbocycles. The average molecular weight is 231 g/mol. The van der Waals surface area contributed by atoms with Crippen molar-refractivity contribution in [1.82, 2.24) is 5.32 Å². The van der Waals surface area contributed by atoms with Crippen molar-refractivity contribution in [2.75, 3.05) is 33.5 Å². The molecule has 0 aromatic heterocycles. The predicted molar refractivity (Wildman–Crippen MR) is 58.1 cm³/mol. The van der Waals surface area contributed by atoms with E-state index in [1.807, 2.05) is 0 Å². The lowest BCUT2D eigenvalue weighted by molar-refractivity contribution is -0.0895. The van der Waals surface area contributed by atoms with Crippen LogP contribution in [0, 0.1) is 11.8 Å². The van der Waals surface area contributed by atoms with Gasteiger partial charge in [0, 0.05) is 31.6 Å². The lowest BCUT2D eigenvalue weighted by Gasteiger charge is -2.48. The number of aliphatic hydroxyl groups is 2. The first-order valence-corrected chi connectivity index (χ1v) is 5.90. The molecule has 4 atom stereocenters. The Bertz CT molecular complexity index is 222. The van der Waals surface area contributed by atoms with Crippen molar-refractivity contribution in [3.05, 3.63) is 0 Å². The Kier molecular flexibility index (Phi) is 4.16. The summed E-state index contributed by atoms with van der Waals surface area (Å²) in [6.45, 7) is 1.41. The van der Waals surface area contributed by atoms with E-state index < -0.39 is 0 Å². The maximum Gasteiger partial charge on any atom is 0.0684 e. The maximum atomic E-state index is 9.07. The van der Waals surface area contributed by atoms with Crippen molar-refractivity contribution in [2.24, 2.45) is 11.8 Å². The monoisotopic (exact) mass is 231 g/mol. The van der Waals surface area contributed by atoms with Gasteiger partial charge < -0.3 is 25.0 Å². The predicted octanol–water partition coefficient (Wildman–Crippen LogP) is -1.02. The van der Waals surface area contributed by atoms with Crippen LogP contribution in [0.2, 0.25) is 0 Å². The standard InChI is InChI=1S/C11H21NO4/c1-15-6-9-10(12-7(4-13)5-14)8-2-3-16-11(8)9/h7-14H,2-6H2,1H3/t8-,9+,10+,11-/m0/s1. The molecule has 1 saturated heterocycles. The van der Waals surface area contributed by atoms with Crippen molar-refractivity contribution in [2.45, 2.75) is 24.6 Å². The Hall–Kier alpha value is -0.200. The Morgan fingerprint density at radius 1 is 1.44 bits per heavy atom. The first kappa shape index (κ1) is 12.3. The summed E-state index contributed by atoms with van der Waals surface area (Å²) in [6.07, 6.45) is 1.36. The molecule has 1 aliphatic heterocycles. The van der Waals surface area contributed by atoms with Crippen LogP contribution in [0.3, 0.4) is 0 Å².